The second-order valence-electron chi connectivity index (χ2n) is 11.0. The van der Waals surface area contributed by atoms with Gasteiger partial charge in [-0.3, -0.25) is 0 Å². The average Bonchev–Trinajstić information content (AvgIpc) is 3.30. The number of ether oxygens (including phenoxy) is 2. The summed E-state index contributed by atoms with van der Waals surface area (Å²) in [5.74, 6) is -1.30. The van der Waals surface area contributed by atoms with Crippen molar-refractivity contribution in [2.45, 2.75) is 59.2 Å². The molecule has 39 heavy (non-hydrogen) atoms. The molecule has 0 amide bonds. The molecule has 0 saturated heterocycles. The Kier molecular flexibility index (Phi) is 7.03. The predicted octanol–water partition coefficient (Wildman–Crippen LogP) is 7.42. The summed E-state index contributed by atoms with van der Waals surface area (Å²) in [6.45, 7) is 9.63. The Morgan fingerprint density at radius 3 is 2.62 bits per heavy atom. The van der Waals surface area contributed by atoms with Gasteiger partial charge in [0.15, 0.2) is 17.7 Å². The molecule has 1 aliphatic heterocycles. The summed E-state index contributed by atoms with van der Waals surface area (Å²) < 4.78 is 27.2. The zero-order chi connectivity index (χ0) is 27.9. The maximum atomic E-state index is 15.5. The molecule has 0 radical (unpaired) electrons. The number of nitrogens with zero attached hydrogens (tertiary/aromatic N) is 1. The van der Waals surface area contributed by atoms with E-state index in [-0.39, 0.29) is 5.75 Å². The molecule has 4 aromatic rings. The number of carbonyl (C=O) groups is 1. The first-order valence-corrected chi connectivity index (χ1v) is 13.2. The lowest BCUT2D eigenvalue weighted by atomic mass is 9.86. The molecular weight excluding hydrogens is 495 g/mol. The van der Waals surface area contributed by atoms with Crippen LogP contribution >= 0.6 is 0 Å². The van der Waals surface area contributed by atoms with Crippen LogP contribution in [0.25, 0.3) is 34.3 Å². The predicted molar refractivity (Wildman–Crippen MR) is 151 cm³/mol. The Morgan fingerprint density at radius 2 is 1.92 bits per heavy atom. The van der Waals surface area contributed by atoms with Crippen molar-refractivity contribution in [2.24, 2.45) is 0 Å². The van der Waals surface area contributed by atoms with Gasteiger partial charge in [0.2, 0.25) is 0 Å². The molecule has 1 unspecified atom stereocenters. The van der Waals surface area contributed by atoms with Crippen LogP contribution < -0.4 is 4.74 Å². The number of carboxylic acids is 1. The lowest BCUT2D eigenvalue weighted by molar-refractivity contribution is -0.160. The van der Waals surface area contributed by atoms with E-state index in [2.05, 4.69) is 4.98 Å². The number of aryl methyl sites for hydroxylation is 1. The molecule has 0 spiro atoms. The topological polar surface area (TPSA) is 84.4 Å². The normalized spacial score (nSPS) is 14.4. The number of fused-ring (bicyclic) bond motifs is 2. The number of benzene rings is 2. The van der Waals surface area contributed by atoms with E-state index in [0.29, 0.717) is 46.4 Å². The molecule has 0 bridgehead atoms. The largest absolute Gasteiger partial charge is 0.490 e. The van der Waals surface area contributed by atoms with Crippen molar-refractivity contribution in [3.63, 3.8) is 0 Å². The first-order valence-electron chi connectivity index (χ1n) is 13.2. The molecule has 7 heteroatoms. The third-order valence-corrected chi connectivity index (χ3v) is 6.94. The maximum absolute atomic E-state index is 15.5. The monoisotopic (exact) mass is 528 g/mol. The van der Waals surface area contributed by atoms with E-state index in [9.17, 15) is 9.90 Å². The van der Waals surface area contributed by atoms with E-state index >= 15 is 4.39 Å². The van der Waals surface area contributed by atoms with E-state index in [1.807, 2.05) is 76.2 Å². The summed E-state index contributed by atoms with van der Waals surface area (Å²) in [4.78, 5) is 20.7. The van der Waals surface area contributed by atoms with Gasteiger partial charge in [-0.05, 0) is 82.4 Å². The van der Waals surface area contributed by atoms with Crippen molar-refractivity contribution in [3.05, 3.63) is 81.9 Å². The summed E-state index contributed by atoms with van der Waals surface area (Å²) in [6, 6.07) is 13.3. The number of aliphatic carboxylic acids is 1. The fourth-order valence-electron chi connectivity index (χ4n) is 5.25. The second-order valence-corrected chi connectivity index (χ2v) is 11.0. The van der Waals surface area contributed by atoms with Crippen molar-refractivity contribution < 1.29 is 23.8 Å². The molecule has 1 aliphatic rings. The summed E-state index contributed by atoms with van der Waals surface area (Å²) >= 11 is 0. The molecule has 2 aromatic carbocycles. The summed E-state index contributed by atoms with van der Waals surface area (Å²) in [6.07, 6.45) is 4.11. The van der Waals surface area contributed by atoms with Crippen molar-refractivity contribution in [1.29, 1.82) is 0 Å². The Labute approximate surface area is 227 Å². The molecule has 6 nitrogen and oxygen atoms in total. The molecule has 3 heterocycles. The van der Waals surface area contributed by atoms with Gasteiger partial charge in [0, 0.05) is 33.5 Å². The third kappa shape index (κ3) is 5.32. The molecule has 0 aliphatic carbocycles. The Morgan fingerprint density at radius 1 is 1.18 bits per heavy atom. The number of H-pyrrole nitrogens is 1. The Bertz CT molecular complexity index is 1580. The molecule has 1 atom stereocenters. The highest BCUT2D eigenvalue weighted by Crippen LogP contribution is 2.44. The van der Waals surface area contributed by atoms with Crippen molar-refractivity contribution in [3.8, 4) is 16.9 Å². The standard InChI is InChI=1S/C32H33FN2O4/c1-18-22-12-9-15-38-28(22)25(33)17-23(18)27-24-16-21(14-13-20-10-7-6-8-11-20)35-30(24)34-19(2)26(27)29(31(36)37)39-32(3,4)5/h6-8,10-11,13-14,16-17,29H,9,12,15H2,1-5H3,(H,34,35)(H,36,37)/b14-13+. The Hall–Kier alpha value is -3.97. The number of aromatic nitrogens is 2. The first-order chi connectivity index (χ1) is 18.5. The smallest absolute Gasteiger partial charge is 0.337 e. The number of pyridine rings is 1. The number of rotatable bonds is 6. The van der Waals surface area contributed by atoms with Gasteiger partial charge in [0.1, 0.15) is 5.65 Å². The maximum Gasteiger partial charge on any atom is 0.337 e. The number of aromatic amines is 1. The minimum Gasteiger partial charge on any atom is -0.490 e. The lowest BCUT2D eigenvalue weighted by Gasteiger charge is -2.29. The van der Waals surface area contributed by atoms with Crippen LogP contribution in [0.15, 0.2) is 42.5 Å². The number of nitrogens with one attached hydrogen (secondary N) is 1. The first kappa shape index (κ1) is 26.6. The number of hydrogen-bond donors (Lipinski definition) is 2. The molecule has 0 fully saturated rings. The van der Waals surface area contributed by atoms with Gasteiger partial charge in [0.25, 0.3) is 0 Å². The van der Waals surface area contributed by atoms with Gasteiger partial charge >= 0.3 is 5.97 Å². The highest BCUT2D eigenvalue weighted by Gasteiger charge is 2.34. The number of hydrogen-bond acceptors (Lipinski definition) is 4. The lowest BCUT2D eigenvalue weighted by Crippen LogP contribution is -2.28. The van der Waals surface area contributed by atoms with Crippen LogP contribution in [0, 0.1) is 19.7 Å². The van der Waals surface area contributed by atoms with Gasteiger partial charge in [-0.25, -0.2) is 14.2 Å². The summed E-state index contributed by atoms with van der Waals surface area (Å²) in [5.41, 5.74) is 5.50. The molecule has 202 valence electrons. The van der Waals surface area contributed by atoms with Gasteiger partial charge in [-0.2, -0.15) is 0 Å². The molecular formula is C32H33FN2O4. The molecule has 0 saturated carbocycles. The minimum atomic E-state index is -1.30. The second kappa shape index (κ2) is 10.3. The molecule has 2 N–H and O–H groups in total. The van der Waals surface area contributed by atoms with Crippen molar-refractivity contribution in [2.75, 3.05) is 6.61 Å². The van der Waals surface area contributed by atoms with E-state index in [0.717, 1.165) is 28.8 Å². The van der Waals surface area contributed by atoms with E-state index in [1.54, 1.807) is 6.92 Å². The number of halogens is 1. The third-order valence-electron chi connectivity index (χ3n) is 6.94. The quantitative estimate of drug-likeness (QED) is 0.272. The van der Waals surface area contributed by atoms with Crippen LogP contribution in [0.1, 0.15) is 66.9 Å². The fraction of sp³-hybridized carbons (Fsp3) is 0.312. The zero-order valence-corrected chi connectivity index (χ0v) is 22.9. The molecule has 5 rings (SSSR count). The summed E-state index contributed by atoms with van der Waals surface area (Å²) in [7, 11) is 0. The van der Waals surface area contributed by atoms with Gasteiger partial charge in [-0.15, -0.1) is 0 Å². The average molecular weight is 529 g/mol. The van der Waals surface area contributed by atoms with E-state index in [4.69, 9.17) is 14.5 Å². The van der Waals surface area contributed by atoms with E-state index < -0.39 is 23.5 Å². The van der Waals surface area contributed by atoms with Gasteiger partial charge in [0.05, 0.1) is 12.2 Å². The van der Waals surface area contributed by atoms with Crippen LogP contribution in [-0.2, 0) is 16.0 Å². The van der Waals surface area contributed by atoms with Crippen LogP contribution in [0.4, 0.5) is 4.39 Å². The SMILES string of the molecule is Cc1nc2[nH]c(/C=C/c3ccccc3)cc2c(-c2cc(F)c3c(c2C)CCCO3)c1C(OC(C)(C)C)C(=O)O. The van der Waals surface area contributed by atoms with E-state index in [1.165, 1.54) is 6.07 Å². The van der Waals surface area contributed by atoms with Crippen LogP contribution in [0.5, 0.6) is 5.75 Å². The van der Waals surface area contributed by atoms with Crippen molar-refractivity contribution in [1.82, 2.24) is 9.97 Å². The highest BCUT2D eigenvalue weighted by atomic mass is 19.1. The van der Waals surface area contributed by atoms with Gasteiger partial charge < -0.3 is 19.6 Å². The highest BCUT2D eigenvalue weighted by molar-refractivity contribution is 6.00. The zero-order valence-electron chi connectivity index (χ0n) is 22.9. The molecule has 2 aromatic heterocycles. The van der Waals surface area contributed by atoms with Crippen molar-refractivity contribution >= 4 is 29.2 Å². The fourth-order valence-corrected chi connectivity index (χ4v) is 5.25. The van der Waals surface area contributed by atoms with Crippen LogP contribution in [0.3, 0.4) is 0 Å². The Balaban J connectivity index is 1.79. The van der Waals surface area contributed by atoms with Gasteiger partial charge in [-0.1, -0.05) is 36.4 Å². The van der Waals surface area contributed by atoms with Crippen LogP contribution in [-0.4, -0.2) is 33.3 Å². The number of carboxylic acid groups (broad SMARTS) is 1. The minimum absolute atomic E-state index is 0.285. The van der Waals surface area contributed by atoms with Crippen LogP contribution in [0.2, 0.25) is 0 Å². The summed E-state index contributed by atoms with van der Waals surface area (Å²) in [5, 5.41) is 11.0.